The van der Waals surface area contributed by atoms with Crippen molar-refractivity contribution in [2.24, 2.45) is 0 Å². The van der Waals surface area contributed by atoms with E-state index in [2.05, 4.69) is 10.6 Å². The fourth-order valence-corrected chi connectivity index (χ4v) is 1.32. The Balaban J connectivity index is 2.76. The molecule has 0 aromatic heterocycles. The molecule has 7 nitrogen and oxygen atoms in total. The summed E-state index contributed by atoms with van der Waals surface area (Å²) in [7, 11) is 2.97. The molecule has 0 aliphatic carbocycles. The van der Waals surface area contributed by atoms with Crippen LogP contribution in [0.4, 0.5) is 10.5 Å². The molecular formula is C12H16N2O5. The van der Waals surface area contributed by atoms with Crippen molar-refractivity contribution in [2.75, 3.05) is 19.5 Å². The fourth-order valence-electron chi connectivity index (χ4n) is 1.32. The van der Waals surface area contributed by atoms with Crippen LogP contribution in [0.15, 0.2) is 18.2 Å². The van der Waals surface area contributed by atoms with Gasteiger partial charge in [0.25, 0.3) is 0 Å². The van der Waals surface area contributed by atoms with Crippen LogP contribution in [-0.4, -0.2) is 37.4 Å². The third kappa shape index (κ3) is 4.06. The predicted molar refractivity (Wildman–Crippen MR) is 68.8 cm³/mol. The van der Waals surface area contributed by atoms with Gasteiger partial charge in [-0.1, -0.05) is 0 Å². The number of rotatable bonds is 5. The number of carboxylic acids is 1. The van der Waals surface area contributed by atoms with E-state index in [9.17, 15) is 9.59 Å². The second-order valence-corrected chi connectivity index (χ2v) is 3.72. The molecule has 104 valence electrons. The SMILES string of the molecule is COc1ccc(NC(=O)N[C@@H](C)C(=O)O)c(OC)c1. The van der Waals surface area contributed by atoms with E-state index in [4.69, 9.17) is 14.6 Å². The number of aliphatic carboxylic acids is 1. The average molecular weight is 268 g/mol. The van der Waals surface area contributed by atoms with Crippen LogP contribution in [0.2, 0.25) is 0 Å². The van der Waals surface area contributed by atoms with Gasteiger partial charge in [0, 0.05) is 6.07 Å². The number of carbonyl (C=O) groups is 2. The van der Waals surface area contributed by atoms with Crippen molar-refractivity contribution in [3.8, 4) is 11.5 Å². The van der Waals surface area contributed by atoms with Gasteiger partial charge >= 0.3 is 12.0 Å². The standard InChI is InChI=1S/C12H16N2O5/c1-7(11(15)16)13-12(17)14-9-5-4-8(18-2)6-10(9)19-3/h4-7H,1-3H3,(H,15,16)(H2,13,14,17)/t7-/m0/s1. The maximum absolute atomic E-state index is 11.6. The molecule has 0 spiro atoms. The van der Waals surface area contributed by atoms with Crippen LogP contribution in [0.3, 0.4) is 0 Å². The van der Waals surface area contributed by atoms with Crippen molar-refractivity contribution in [1.82, 2.24) is 5.32 Å². The Hall–Kier alpha value is -2.44. The molecule has 0 bridgehead atoms. The highest BCUT2D eigenvalue weighted by Crippen LogP contribution is 2.28. The second-order valence-electron chi connectivity index (χ2n) is 3.72. The summed E-state index contributed by atoms with van der Waals surface area (Å²) in [5.74, 6) is -0.115. The number of anilines is 1. The molecule has 7 heteroatoms. The minimum Gasteiger partial charge on any atom is -0.497 e. The smallest absolute Gasteiger partial charge is 0.325 e. The summed E-state index contributed by atoms with van der Waals surface area (Å²) in [6, 6.07) is 3.25. The number of hydrogen-bond donors (Lipinski definition) is 3. The lowest BCUT2D eigenvalue weighted by atomic mass is 10.2. The first kappa shape index (κ1) is 14.6. The van der Waals surface area contributed by atoms with Crippen molar-refractivity contribution in [1.29, 1.82) is 0 Å². The van der Waals surface area contributed by atoms with Gasteiger partial charge in [0.1, 0.15) is 17.5 Å². The highest BCUT2D eigenvalue weighted by molar-refractivity contribution is 5.93. The summed E-state index contributed by atoms with van der Waals surface area (Å²) < 4.78 is 10.1. The summed E-state index contributed by atoms with van der Waals surface area (Å²) in [6.07, 6.45) is 0. The molecule has 0 aliphatic rings. The molecular weight excluding hydrogens is 252 g/mol. The number of hydrogen-bond acceptors (Lipinski definition) is 4. The number of nitrogens with one attached hydrogen (secondary N) is 2. The fraction of sp³-hybridized carbons (Fsp3) is 0.333. The van der Waals surface area contributed by atoms with Gasteiger partial charge in [-0.15, -0.1) is 0 Å². The summed E-state index contributed by atoms with van der Waals surface area (Å²) in [5.41, 5.74) is 0.415. The summed E-state index contributed by atoms with van der Waals surface area (Å²) in [6.45, 7) is 1.37. The Bertz CT molecular complexity index is 475. The van der Waals surface area contributed by atoms with Crippen LogP contribution in [0.25, 0.3) is 0 Å². The molecule has 1 aromatic carbocycles. The molecule has 0 aliphatic heterocycles. The maximum atomic E-state index is 11.6. The summed E-state index contributed by atoms with van der Waals surface area (Å²) in [5, 5.41) is 13.5. The highest BCUT2D eigenvalue weighted by atomic mass is 16.5. The van der Waals surface area contributed by atoms with E-state index in [0.717, 1.165) is 0 Å². The zero-order valence-corrected chi connectivity index (χ0v) is 10.9. The van der Waals surface area contributed by atoms with Crippen molar-refractivity contribution in [2.45, 2.75) is 13.0 Å². The van der Waals surface area contributed by atoms with Gasteiger partial charge in [0.15, 0.2) is 0 Å². The summed E-state index contributed by atoms with van der Waals surface area (Å²) in [4.78, 5) is 22.2. The van der Waals surface area contributed by atoms with Gasteiger partial charge in [-0.05, 0) is 19.1 Å². The molecule has 0 saturated heterocycles. The monoisotopic (exact) mass is 268 g/mol. The number of methoxy groups -OCH3 is 2. The van der Waals surface area contributed by atoms with Crippen LogP contribution in [0, 0.1) is 0 Å². The number of ether oxygens (including phenoxy) is 2. The van der Waals surface area contributed by atoms with Gasteiger partial charge in [0.05, 0.1) is 19.9 Å². The molecule has 0 radical (unpaired) electrons. The number of amides is 2. The third-order valence-electron chi connectivity index (χ3n) is 2.37. The Morgan fingerprint density at radius 2 is 1.95 bits per heavy atom. The quantitative estimate of drug-likeness (QED) is 0.747. The van der Waals surface area contributed by atoms with E-state index in [0.29, 0.717) is 17.2 Å². The number of urea groups is 1. The van der Waals surface area contributed by atoms with Gasteiger partial charge in [0.2, 0.25) is 0 Å². The van der Waals surface area contributed by atoms with Crippen LogP contribution in [0.1, 0.15) is 6.92 Å². The minimum absolute atomic E-state index is 0.414. The molecule has 3 N–H and O–H groups in total. The molecule has 0 unspecified atom stereocenters. The summed E-state index contributed by atoms with van der Waals surface area (Å²) >= 11 is 0. The van der Waals surface area contributed by atoms with Crippen LogP contribution >= 0.6 is 0 Å². The van der Waals surface area contributed by atoms with Gasteiger partial charge in [-0.3, -0.25) is 4.79 Å². The van der Waals surface area contributed by atoms with E-state index in [-0.39, 0.29) is 0 Å². The van der Waals surface area contributed by atoms with Crippen molar-refractivity contribution >= 4 is 17.7 Å². The van der Waals surface area contributed by atoms with E-state index in [1.54, 1.807) is 18.2 Å². The van der Waals surface area contributed by atoms with Crippen molar-refractivity contribution < 1.29 is 24.2 Å². The Morgan fingerprint density at radius 1 is 1.26 bits per heavy atom. The van der Waals surface area contributed by atoms with Gasteiger partial charge < -0.3 is 25.2 Å². The topological polar surface area (TPSA) is 96.9 Å². The first-order valence-electron chi connectivity index (χ1n) is 5.50. The molecule has 0 heterocycles. The number of carboxylic acid groups (broad SMARTS) is 1. The third-order valence-corrected chi connectivity index (χ3v) is 2.37. The minimum atomic E-state index is -1.11. The van der Waals surface area contributed by atoms with Crippen LogP contribution in [0.5, 0.6) is 11.5 Å². The molecule has 0 fully saturated rings. The number of benzene rings is 1. The van der Waals surface area contributed by atoms with Crippen molar-refractivity contribution in [3.05, 3.63) is 18.2 Å². The first-order chi connectivity index (χ1) is 8.97. The zero-order chi connectivity index (χ0) is 14.4. The lowest BCUT2D eigenvalue weighted by Crippen LogP contribution is -2.40. The predicted octanol–water partition coefficient (Wildman–Crippen LogP) is 1.30. The number of carbonyl (C=O) groups excluding carboxylic acids is 1. The van der Waals surface area contributed by atoms with E-state index < -0.39 is 18.0 Å². The lowest BCUT2D eigenvalue weighted by Gasteiger charge is -2.13. The van der Waals surface area contributed by atoms with Gasteiger partial charge in [-0.2, -0.15) is 0 Å². The Kier molecular flexibility index (Phi) is 4.99. The molecule has 1 rings (SSSR count). The zero-order valence-electron chi connectivity index (χ0n) is 10.9. The van der Waals surface area contributed by atoms with Crippen molar-refractivity contribution in [3.63, 3.8) is 0 Å². The van der Waals surface area contributed by atoms with E-state index in [1.807, 2.05) is 0 Å². The maximum Gasteiger partial charge on any atom is 0.325 e. The van der Waals surface area contributed by atoms with E-state index >= 15 is 0 Å². The van der Waals surface area contributed by atoms with Gasteiger partial charge in [-0.25, -0.2) is 4.79 Å². The second kappa shape index (κ2) is 6.48. The average Bonchev–Trinajstić information content (AvgIpc) is 2.38. The normalized spacial score (nSPS) is 11.3. The first-order valence-corrected chi connectivity index (χ1v) is 5.50. The molecule has 1 aromatic rings. The lowest BCUT2D eigenvalue weighted by molar-refractivity contribution is -0.138. The molecule has 0 saturated carbocycles. The van der Waals surface area contributed by atoms with Crippen LogP contribution < -0.4 is 20.1 Å². The Labute approximate surface area is 110 Å². The Morgan fingerprint density at radius 3 is 2.47 bits per heavy atom. The molecule has 1 atom stereocenters. The molecule has 2 amide bonds. The highest BCUT2D eigenvalue weighted by Gasteiger charge is 2.15. The van der Waals surface area contributed by atoms with Crippen LogP contribution in [-0.2, 0) is 4.79 Å². The van der Waals surface area contributed by atoms with E-state index in [1.165, 1.54) is 21.1 Å². The largest absolute Gasteiger partial charge is 0.497 e. The molecule has 19 heavy (non-hydrogen) atoms.